The predicted molar refractivity (Wildman–Crippen MR) is 108 cm³/mol. The number of carbonyl (C=O) groups excluding carboxylic acids is 2. The number of nitrogens with zero attached hydrogens (tertiary/aromatic N) is 3. The van der Waals surface area contributed by atoms with Crippen LogP contribution in [0.1, 0.15) is 73.1 Å². The van der Waals surface area contributed by atoms with Gasteiger partial charge < -0.3 is 9.80 Å². The van der Waals surface area contributed by atoms with Crippen LogP contribution >= 0.6 is 0 Å². The second-order valence-electron chi connectivity index (χ2n) is 9.73. The SMILES string of the molecule is CC1=C(CCN2CCC3(CC2)C(=O)N(C(C)C)C(=O)N3C)C(C)(C)CCC1. The number of piperidine rings is 1. The molecule has 0 aromatic heterocycles. The van der Waals surface area contributed by atoms with Gasteiger partial charge in [0.15, 0.2) is 0 Å². The van der Waals surface area contributed by atoms with E-state index in [0.29, 0.717) is 5.41 Å². The van der Waals surface area contributed by atoms with Gasteiger partial charge in [-0.2, -0.15) is 0 Å². The van der Waals surface area contributed by atoms with Crippen molar-refractivity contribution in [3.05, 3.63) is 11.1 Å². The normalized spacial score (nSPS) is 26.0. The molecule has 0 aromatic rings. The number of likely N-dealkylation sites (tertiary alicyclic amines) is 1. The highest BCUT2D eigenvalue weighted by Gasteiger charge is 2.56. The van der Waals surface area contributed by atoms with Gasteiger partial charge in [0.05, 0.1) is 0 Å². The summed E-state index contributed by atoms with van der Waals surface area (Å²) in [4.78, 5) is 31.2. The van der Waals surface area contributed by atoms with Gasteiger partial charge >= 0.3 is 6.03 Å². The minimum atomic E-state index is -0.614. The third-order valence-corrected chi connectivity index (χ3v) is 7.32. The Balaban J connectivity index is 1.63. The molecule has 1 aliphatic carbocycles. The largest absolute Gasteiger partial charge is 0.327 e. The summed E-state index contributed by atoms with van der Waals surface area (Å²) in [5.41, 5.74) is 2.94. The van der Waals surface area contributed by atoms with Crippen molar-refractivity contribution < 1.29 is 9.59 Å². The van der Waals surface area contributed by atoms with Gasteiger partial charge in [-0.25, -0.2) is 4.79 Å². The summed E-state index contributed by atoms with van der Waals surface area (Å²) in [5.74, 6) is 0.0108. The first-order valence-corrected chi connectivity index (χ1v) is 10.6. The van der Waals surface area contributed by atoms with Crippen LogP contribution in [0.4, 0.5) is 4.79 Å². The van der Waals surface area contributed by atoms with Crippen LogP contribution in [0, 0.1) is 5.41 Å². The van der Waals surface area contributed by atoms with Gasteiger partial charge in [0, 0.05) is 32.7 Å². The Bertz CT molecular complexity index is 642. The van der Waals surface area contributed by atoms with E-state index in [1.165, 1.54) is 24.2 Å². The van der Waals surface area contributed by atoms with Crippen LogP contribution < -0.4 is 0 Å². The molecule has 0 atom stereocenters. The molecule has 0 unspecified atom stereocenters. The molecule has 1 spiro atoms. The number of rotatable bonds is 4. The summed E-state index contributed by atoms with van der Waals surface area (Å²) in [6.07, 6.45) is 6.47. The van der Waals surface area contributed by atoms with Gasteiger partial charge in [0.25, 0.3) is 5.91 Å². The smallest absolute Gasteiger partial charge is 0.312 e. The zero-order valence-electron chi connectivity index (χ0n) is 18.1. The number of hydrogen-bond acceptors (Lipinski definition) is 3. The topological polar surface area (TPSA) is 43.9 Å². The number of imide groups is 1. The maximum atomic E-state index is 13.0. The molecule has 5 nitrogen and oxygen atoms in total. The van der Waals surface area contributed by atoms with E-state index in [0.717, 1.165) is 38.9 Å². The number of amides is 3. The van der Waals surface area contributed by atoms with E-state index in [-0.39, 0.29) is 18.0 Å². The second kappa shape index (κ2) is 7.23. The molecular weight excluding hydrogens is 338 g/mol. The highest BCUT2D eigenvalue weighted by Crippen LogP contribution is 2.42. The third-order valence-electron chi connectivity index (χ3n) is 7.32. The number of hydrogen-bond donors (Lipinski definition) is 0. The molecule has 0 N–H and O–H groups in total. The summed E-state index contributed by atoms with van der Waals surface area (Å²) in [5, 5.41) is 0. The lowest BCUT2D eigenvalue weighted by atomic mass is 9.71. The first-order valence-electron chi connectivity index (χ1n) is 10.6. The van der Waals surface area contributed by atoms with Crippen LogP contribution in [0.15, 0.2) is 11.1 Å². The number of allylic oxidation sites excluding steroid dienone is 1. The first kappa shape index (κ1) is 20.4. The van der Waals surface area contributed by atoms with Gasteiger partial charge in [0.1, 0.15) is 5.54 Å². The van der Waals surface area contributed by atoms with Crippen LogP contribution in [-0.2, 0) is 4.79 Å². The number of carbonyl (C=O) groups is 2. The van der Waals surface area contributed by atoms with Gasteiger partial charge in [-0.3, -0.25) is 9.69 Å². The minimum Gasteiger partial charge on any atom is -0.312 e. The van der Waals surface area contributed by atoms with Crippen molar-refractivity contribution in [2.45, 2.75) is 84.7 Å². The Labute approximate surface area is 164 Å². The van der Waals surface area contributed by atoms with E-state index in [9.17, 15) is 9.59 Å². The Morgan fingerprint density at radius 1 is 1.07 bits per heavy atom. The maximum absolute atomic E-state index is 13.0. The van der Waals surface area contributed by atoms with E-state index in [1.54, 1.807) is 23.1 Å². The highest BCUT2D eigenvalue weighted by molar-refractivity contribution is 6.07. The molecule has 0 bridgehead atoms. The Hall–Kier alpha value is -1.36. The number of urea groups is 1. The van der Waals surface area contributed by atoms with Gasteiger partial charge in [-0.15, -0.1) is 0 Å². The van der Waals surface area contributed by atoms with Gasteiger partial charge in [0.2, 0.25) is 0 Å². The van der Waals surface area contributed by atoms with Crippen molar-refractivity contribution in [2.75, 3.05) is 26.7 Å². The molecule has 2 heterocycles. The van der Waals surface area contributed by atoms with Crippen molar-refractivity contribution in [1.82, 2.24) is 14.7 Å². The van der Waals surface area contributed by atoms with Crippen molar-refractivity contribution in [3.63, 3.8) is 0 Å². The summed E-state index contributed by atoms with van der Waals surface area (Å²) in [7, 11) is 1.80. The third kappa shape index (κ3) is 3.43. The quantitative estimate of drug-likeness (QED) is 0.550. The summed E-state index contributed by atoms with van der Waals surface area (Å²) < 4.78 is 0. The minimum absolute atomic E-state index is 0.0108. The van der Waals surface area contributed by atoms with Crippen molar-refractivity contribution >= 4 is 11.9 Å². The van der Waals surface area contributed by atoms with Gasteiger partial charge in [-0.1, -0.05) is 25.0 Å². The van der Waals surface area contributed by atoms with Crippen LogP contribution in [0.5, 0.6) is 0 Å². The zero-order valence-corrected chi connectivity index (χ0v) is 18.1. The lowest BCUT2D eigenvalue weighted by Crippen LogP contribution is -2.55. The summed E-state index contributed by atoms with van der Waals surface area (Å²) in [6, 6.07) is -0.207. The molecular formula is C22H37N3O2. The first-order chi connectivity index (χ1) is 12.6. The molecule has 3 aliphatic rings. The summed E-state index contributed by atoms with van der Waals surface area (Å²) in [6.45, 7) is 13.7. The molecule has 2 saturated heterocycles. The molecule has 152 valence electrons. The molecule has 3 amide bonds. The Morgan fingerprint density at radius 2 is 1.70 bits per heavy atom. The van der Waals surface area contributed by atoms with Crippen molar-refractivity contribution in [1.29, 1.82) is 0 Å². The zero-order chi connectivity index (χ0) is 20.0. The average molecular weight is 376 g/mol. The lowest BCUT2D eigenvalue weighted by molar-refractivity contribution is -0.136. The van der Waals surface area contributed by atoms with Gasteiger partial charge in [-0.05, 0) is 64.7 Å². The van der Waals surface area contributed by atoms with Crippen LogP contribution in [0.25, 0.3) is 0 Å². The molecule has 2 fully saturated rings. The fourth-order valence-corrected chi connectivity index (χ4v) is 5.45. The fourth-order valence-electron chi connectivity index (χ4n) is 5.45. The van der Waals surface area contributed by atoms with E-state index >= 15 is 0 Å². The highest BCUT2D eigenvalue weighted by atomic mass is 16.2. The fraction of sp³-hybridized carbons (Fsp3) is 0.818. The van der Waals surface area contributed by atoms with E-state index in [4.69, 9.17) is 0 Å². The molecule has 2 aliphatic heterocycles. The van der Waals surface area contributed by atoms with Crippen LogP contribution in [-0.4, -0.2) is 64.9 Å². The lowest BCUT2D eigenvalue weighted by Gasteiger charge is -2.42. The molecule has 5 heteroatoms. The second-order valence-corrected chi connectivity index (χ2v) is 9.73. The van der Waals surface area contributed by atoms with Crippen molar-refractivity contribution in [3.8, 4) is 0 Å². The number of likely N-dealkylation sites (N-methyl/N-ethyl adjacent to an activating group) is 1. The molecule has 27 heavy (non-hydrogen) atoms. The maximum Gasteiger partial charge on any atom is 0.327 e. The van der Waals surface area contributed by atoms with E-state index in [1.807, 2.05) is 13.8 Å². The average Bonchev–Trinajstić information content (AvgIpc) is 2.77. The van der Waals surface area contributed by atoms with Crippen LogP contribution in [0.2, 0.25) is 0 Å². The summed E-state index contributed by atoms with van der Waals surface area (Å²) >= 11 is 0. The molecule has 3 rings (SSSR count). The standard InChI is InChI=1S/C22H37N3O2/c1-16(2)25-19(26)22(23(6)20(25)27)11-14-24(15-12-22)13-9-18-17(3)8-7-10-21(18,4)5/h16H,7-15H2,1-6H3. The Morgan fingerprint density at radius 3 is 2.22 bits per heavy atom. The molecule has 0 saturated carbocycles. The molecule has 0 radical (unpaired) electrons. The monoisotopic (exact) mass is 375 g/mol. The molecule has 0 aromatic carbocycles. The van der Waals surface area contributed by atoms with E-state index < -0.39 is 5.54 Å². The van der Waals surface area contributed by atoms with Crippen LogP contribution in [0.3, 0.4) is 0 Å². The van der Waals surface area contributed by atoms with E-state index in [2.05, 4.69) is 25.7 Å². The Kier molecular flexibility index (Phi) is 5.46. The van der Waals surface area contributed by atoms with Crippen molar-refractivity contribution in [2.24, 2.45) is 5.41 Å². The predicted octanol–water partition coefficient (Wildman–Crippen LogP) is 4.04.